The molecule has 0 saturated carbocycles. The largest absolute Gasteiger partial charge is 0.380 e. The van der Waals surface area contributed by atoms with E-state index in [9.17, 15) is 4.79 Å². The molecule has 0 spiro atoms. The Balaban J connectivity index is 3.32. The number of nitrogens with two attached hydrogens (primary N) is 1. The van der Waals surface area contributed by atoms with Gasteiger partial charge in [-0.05, 0) is 11.8 Å². The highest BCUT2D eigenvalue weighted by atomic mass is 16.5. The van der Waals surface area contributed by atoms with Gasteiger partial charge in [-0.3, -0.25) is 4.79 Å². The normalized spacial score (nSPS) is 11.5. The van der Waals surface area contributed by atoms with E-state index in [-0.39, 0.29) is 11.3 Å². The summed E-state index contributed by atoms with van der Waals surface area (Å²) in [6.07, 6.45) is 1.41. The van der Waals surface area contributed by atoms with Crippen LogP contribution in [0.2, 0.25) is 0 Å². The molecule has 0 atom stereocenters. The van der Waals surface area contributed by atoms with Crippen LogP contribution in [0.1, 0.15) is 33.6 Å². The molecule has 1 amide bonds. The van der Waals surface area contributed by atoms with Crippen LogP contribution in [0.25, 0.3) is 0 Å². The minimum atomic E-state index is 0.0557. The molecule has 0 aromatic rings. The van der Waals surface area contributed by atoms with E-state index in [1.165, 1.54) is 0 Å². The highest BCUT2D eigenvalue weighted by Crippen LogP contribution is 2.17. The second-order valence-corrected chi connectivity index (χ2v) is 4.84. The Bertz CT molecular complexity index is 176. The van der Waals surface area contributed by atoms with E-state index in [0.717, 1.165) is 6.42 Å². The van der Waals surface area contributed by atoms with Crippen LogP contribution in [0.15, 0.2) is 0 Å². The Hall–Kier alpha value is -0.610. The highest BCUT2D eigenvalue weighted by molar-refractivity contribution is 5.76. The number of rotatable bonds is 7. The molecule has 15 heavy (non-hydrogen) atoms. The standard InChI is InChI=1S/C11H24N2O2/c1-11(2,3)9-10(14)13-6-4-7-15-8-5-12/h4-9,12H2,1-3H3,(H,13,14). The summed E-state index contributed by atoms with van der Waals surface area (Å²) >= 11 is 0. The van der Waals surface area contributed by atoms with Gasteiger partial charge < -0.3 is 15.8 Å². The van der Waals surface area contributed by atoms with Crippen LogP contribution >= 0.6 is 0 Å². The monoisotopic (exact) mass is 216 g/mol. The first-order chi connectivity index (χ1) is 6.95. The molecular weight excluding hydrogens is 192 g/mol. The highest BCUT2D eigenvalue weighted by Gasteiger charge is 2.14. The summed E-state index contributed by atoms with van der Waals surface area (Å²) in [5, 5.41) is 2.87. The Morgan fingerprint density at radius 1 is 1.33 bits per heavy atom. The predicted octanol–water partition coefficient (Wildman–Crippen LogP) is 0.904. The third-order valence-corrected chi connectivity index (χ3v) is 1.74. The molecule has 90 valence electrons. The molecule has 0 unspecified atom stereocenters. The minimum absolute atomic E-state index is 0.0557. The van der Waals surface area contributed by atoms with Gasteiger partial charge in [0.05, 0.1) is 6.61 Å². The average molecular weight is 216 g/mol. The zero-order valence-electron chi connectivity index (χ0n) is 10.1. The van der Waals surface area contributed by atoms with Crippen LogP contribution in [-0.2, 0) is 9.53 Å². The Morgan fingerprint density at radius 3 is 2.53 bits per heavy atom. The SMILES string of the molecule is CC(C)(C)CC(=O)NCCCOCCN. The quantitative estimate of drug-likeness (QED) is 0.622. The summed E-state index contributed by atoms with van der Waals surface area (Å²) in [6.45, 7) is 8.64. The zero-order chi connectivity index (χ0) is 11.7. The first kappa shape index (κ1) is 14.4. The van der Waals surface area contributed by atoms with Crippen molar-refractivity contribution in [3.63, 3.8) is 0 Å². The van der Waals surface area contributed by atoms with E-state index >= 15 is 0 Å². The van der Waals surface area contributed by atoms with Crippen molar-refractivity contribution in [2.45, 2.75) is 33.6 Å². The second kappa shape index (κ2) is 7.65. The van der Waals surface area contributed by atoms with Crippen molar-refractivity contribution in [3.05, 3.63) is 0 Å². The average Bonchev–Trinajstić information content (AvgIpc) is 2.08. The van der Waals surface area contributed by atoms with E-state index in [4.69, 9.17) is 10.5 Å². The summed E-state index contributed by atoms with van der Waals surface area (Å²) in [5.41, 5.74) is 5.32. The lowest BCUT2D eigenvalue weighted by Gasteiger charge is -2.17. The van der Waals surface area contributed by atoms with Crippen LogP contribution in [0.3, 0.4) is 0 Å². The molecule has 0 fully saturated rings. The van der Waals surface area contributed by atoms with Crippen LogP contribution in [0, 0.1) is 5.41 Å². The van der Waals surface area contributed by atoms with E-state index in [2.05, 4.69) is 26.1 Å². The molecule has 0 aliphatic heterocycles. The number of ether oxygens (including phenoxy) is 1. The fourth-order valence-corrected chi connectivity index (χ4v) is 1.13. The van der Waals surface area contributed by atoms with Crippen molar-refractivity contribution in [1.29, 1.82) is 0 Å². The topological polar surface area (TPSA) is 64.3 Å². The fourth-order valence-electron chi connectivity index (χ4n) is 1.13. The smallest absolute Gasteiger partial charge is 0.220 e. The summed E-state index contributed by atoms with van der Waals surface area (Å²) < 4.78 is 5.19. The van der Waals surface area contributed by atoms with Gasteiger partial charge in [-0.1, -0.05) is 20.8 Å². The molecule has 0 aromatic heterocycles. The van der Waals surface area contributed by atoms with E-state index in [1.54, 1.807) is 0 Å². The number of hydrogen-bond acceptors (Lipinski definition) is 3. The van der Waals surface area contributed by atoms with Gasteiger partial charge >= 0.3 is 0 Å². The molecule has 4 nitrogen and oxygen atoms in total. The van der Waals surface area contributed by atoms with Crippen LogP contribution in [0.4, 0.5) is 0 Å². The van der Waals surface area contributed by atoms with Crippen LogP contribution in [-0.4, -0.2) is 32.2 Å². The maximum Gasteiger partial charge on any atom is 0.220 e. The Kier molecular flexibility index (Phi) is 7.34. The molecule has 4 heteroatoms. The lowest BCUT2D eigenvalue weighted by Crippen LogP contribution is -2.29. The van der Waals surface area contributed by atoms with Crippen molar-refractivity contribution in [2.24, 2.45) is 11.1 Å². The molecule has 0 aliphatic rings. The number of carbonyl (C=O) groups is 1. The first-order valence-electron chi connectivity index (χ1n) is 5.50. The molecule has 0 aromatic carbocycles. The van der Waals surface area contributed by atoms with Crippen molar-refractivity contribution in [3.8, 4) is 0 Å². The zero-order valence-corrected chi connectivity index (χ0v) is 10.1. The van der Waals surface area contributed by atoms with Crippen LogP contribution in [0.5, 0.6) is 0 Å². The minimum Gasteiger partial charge on any atom is -0.380 e. The Morgan fingerprint density at radius 2 is 2.00 bits per heavy atom. The number of carbonyl (C=O) groups excluding carboxylic acids is 1. The molecule has 0 radical (unpaired) electrons. The van der Waals surface area contributed by atoms with E-state index in [0.29, 0.717) is 32.7 Å². The van der Waals surface area contributed by atoms with Gasteiger partial charge in [0, 0.05) is 26.1 Å². The van der Waals surface area contributed by atoms with Gasteiger partial charge in [-0.25, -0.2) is 0 Å². The maximum atomic E-state index is 11.4. The second-order valence-electron chi connectivity index (χ2n) is 4.84. The third kappa shape index (κ3) is 11.3. The number of hydrogen-bond donors (Lipinski definition) is 2. The Labute approximate surface area is 92.6 Å². The van der Waals surface area contributed by atoms with Gasteiger partial charge in [0.25, 0.3) is 0 Å². The molecule has 0 heterocycles. The first-order valence-corrected chi connectivity index (χ1v) is 5.50. The molecular formula is C11H24N2O2. The van der Waals surface area contributed by atoms with Gasteiger partial charge in [0.1, 0.15) is 0 Å². The van der Waals surface area contributed by atoms with Gasteiger partial charge in [-0.15, -0.1) is 0 Å². The van der Waals surface area contributed by atoms with Gasteiger partial charge in [0.15, 0.2) is 0 Å². The lowest BCUT2D eigenvalue weighted by atomic mass is 9.92. The summed E-state index contributed by atoms with van der Waals surface area (Å²) in [7, 11) is 0. The van der Waals surface area contributed by atoms with Crippen molar-refractivity contribution in [1.82, 2.24) is 5.32 Å². The summed E-state index contributed by atoms with van der Waals surface area (Å²) in [4.78, 5) is 11.4. The number of amides is 1. The molecule has 0 rings (SSSR count). The molecule has 0 saturated heterocycles. The summed E-state index contributed by atoms with van der Waals surface area (Å²) in [5.74, 6) is 0.112. The fraction of sp³-hybridized carbons (Fsp3) is 0.909. The molecule has 0 aliphatic carbocycles. The van der Waals surface area contributed by atoms with Gasteiger partial charge in [-0.2, -0.15) is 0 Å². The maximum absolute atomic E-state index is 11.4. The van der Waals surface area contributed by atoms with E-state index in [1.807, 2.05) is 0 Å². The van der Waals surface area contributed by atoms with Crippen molar-refractivity contribution < 1.29 is 9.53 Å². The van der Waals surface area contributed by atoms with E-state index < -0.39 is 0 Å². The lowest BCUT2D eigenvalue weighted by molar-refractivity contribution is -0.122. The third-order valence-electron chi connectivity index (χ3n) is 1.74. The van der Waals surface area contributed by atoms with Crippen molar-refractivity contribution in [2.75, 3.05) is 26.3 Å². The van der Waals surface area contributed by atoms with Crippen LogP contribution < -0.4 is 11.1 Å². The molecule has 0 bridgehead atoms. The molecule has 3 N–H and O–H groups in total. The summed E-state index contributed by atoms with van der Waals surface area (Å²) in [6, 6.07) is 0. The van der Waals surface area contributed by atoms with Crippen molar-refractivity contribution >= 4 is 5.91 Å². The van der Waals surface area contributed by atoms with Gasteiger partial charge in [0.2, 0.25) is 5.91 Å². The predicted molar refractivity (Wildman–Crippen MR) is 61.6 cm³/mol. The number of nitrogens with one attached hydrogen (secondary N) is 1.